The number of phenolic OH excluding ortho intramolecular Hbond substituents is 1. The zero-order chi connectivity index (χ0) is 14.7. The van der Waals surface area contributed by atoms with Crippen LogP contribution in [0.5, 0.6) is 5.75 Å². The van der Waals surface area contributed by atoms with E-state index >= 15 is 0 Å². The SMILES string of the molecule is Cc1ccccc1NC(C(N)=O)c1ccc(O)c(F)c1. The van der Waals surface area contributed by atoms with E-state index in [1.807, 2.05) is 31.2 Å². The Morgan fingerprint density at radius 3 is 2.60 bits per heavy atom. The Bertz CT molecular complexity index is 644. The van der Waals surface area contributed by atoms with E-state index in [9.17, 15) is 14.3 Å². The lowest BCUT2D eigenvalue weighted by Crippen LogP contribution is -2.28. The molecule has 5 heteroatoms. The minimum Gasteiger partial charge on any atom is -0.505 e. The summed E-state index contributed by atoms with van der Waals surface area (Å²) in [5.74, 6) is -1.88. The predicted octanol–water partition coefficient (Wildman–Crippen LogP) is 2.48. The van der Waals surface area contributed by atoms with Crippen molar-refractivity contribution in [2.45, 2.75) is 13.0 Å². The van der Waals surface area contributed by atoms with E-state index in [2.05, 4.69) is 5.32 Å². The standard InChI is InChI=1S/C15H15FN2O2/c1-9-4-2-3-5-12(9)18-14(15(17)20)10-6-7-13(19)11(16)8-10/h2-8,14,18-19H,1H3,(H2,17,20). The molecule has 0 spiro atoms. The number of carbonyl (C=O) groups excluding carboxylic acids is 1. The molecule has 0 fully saturated rings. The van der Waals surface area contributed by atoms with Crippen molar-refractivity contribution in [1.82, 2.24) is 0 Å². The molecule has 0 aliphatic heterocycles. The number of nitrogens with two attached hydrogens (primary N) is 1. The molecule has 104 valence electrons. The maximum atomic E-state index is 13.4. The Morgan fingerprint density at radius 2 is 2.00 bits per heavy atom. The van der Waals surface area contributed by atoms with Crippen LogP contribution < -0.4 is 11.1 Å². The molecule has 0 radical (unpaired) electrons. The number of hydrogen-bond acceptors (Lipinski definition) is 3. The lowest BCUT2D eigenvalue weighted by atomic mass is 10.0. The normalized spacial score (nSPS) is 11.9. The third kappa shape index (κ3) is 2.88. The number of aryl methyl sites for hydroxylation is 1. The molecule has 0 saturated heterocycles. The first-order chi connectivity index (χ1) is 9.49. The number of hydrogen-bond donors (Lipinski definition) is 3. The lowest BCUT2D eigenvalue weighted by molar-refractivity contribution is -0.118. The molecule has 2 aromatic carbocycles. The van der Waals surface area contributed by atoms with Crippen molar-refractivity contribution >= 4 is 11.6 Å². The van der Waals surface area contributed by atoms with E-state index in [1.54, 1.807) is 0 Å². The second-order valence-electron chi connectivity index (χ2n) is 4.51. The Morgan fingerprint density at radius 1 is 1.30 bits per heavy atom. The number of anilines is 1. The van der Waals surface area contributed by atoms with Gasteiger partial charge >= 0.3 is 0 Å². The van der Waals surface area contributed by atoms with Gasteiger partial charge in [-0.05, 0) is 36.2 Å². The van der Waals surface area contributed by atoms with Crippen LogP contribution >= 0.6 is 0 Å². The second kappa shape index (κ2) is 5.61. The maximum Gasteiger partial charge on any atom is 0.244 e. The fourth-order valence-electron chi connectivity index (χ4n) is 1.91. The van der Waals surface area contributed by atoms with E-state index in [-0.39, 0.29) is 0 Å². The molecule has 0 aromatic heterocycles. The zero-order valence-electron chi connectivity index (χ0n) is 10.9. The van der Waals surface area contributed by atoms with E-state index in [4.69, 9.17) is 5.73 Å². The van der Waals surface area contributed by atoms with Crippen LogP contribution in [0.2, 0.25) is 0 Å². The number of carbonyl (C=O) groups is 1. The van der Waals surface area contributed by atoms with Gasteiger partial charge < -0.3 is 16.2 Å². The van der Waals surface area contributed by atoms with Crippen molar-refractivity contribution in [2.24, 2.45) is 5.73 Å². The third-order valence-corrected chi connectivity index (χ3v) is 3.03. The molecule has 4 N–H and O–H groups in total. The zero-order valence-corrected chi connectivity index (χ0v) is 10.9. The van der Waals surface area contributed by atoms with Crippen LogP contribution in [0.3, 0.4) is 0 Å². The average molecular weight is 274 g/mol. The molecule has 0 heterocycles. The molecule has 0 bridgehead atoms. The van der Waals surface area contributed by atoms with Gasteiger partial charge in [-0.25, -0.2) is 4.39 Å². The van der Waals surface area contributed by atoms with Crippen LogP contribution in [0.4, 0.5) is 10.1 Å². The fourth-order valence-corrected chi connectivity index (χ4v) is 1.91. The molecule has 1 amide bonds. The van der Waals surface area contributed by atoms with Crippen LogP contribution in [0.25, 0.3) is 0 Å². The van der Waals surface area contributed by atoms with Gasteiger partial charge in [0, 0.05) is 5.69 Å². The first-order valence-corrected chi connectivity index (χ1v) is 6.09. The molecule has 0 saturated carbocycles. The molecule has 1 atom stereocenters. The van der Waals surface area contributed by atoms with E-state index in [0.29, 0.717) is 5.56 Å². The molecule has 1 unspecified atom stereocenters. The van der Waals surface area contributed by atoms with Crippen molar-refractivity contribution in [1.29, 1.82) is 0 Å². The molecule has 4 nitrogen and oxygen atoms in total. The van der Waals surface area contributed by atoms with Gasteiger partial charge in [-0.1, -0.05) is 24.3 Å². The molecule has 0 aliphatic rings. The Balaban J connectivity index is 2.34. The highest BCUT2D eigenvalue weighted by Crippen LogP contribution is 2.25. The van der Waals surface area contributed by atoms with Crippen molar-refractivity contribution in [3.8, 4) is 5.75 Å². The van der Waals surface area contributed by atoms with Gasteiger partial charge in [-0.3, -0.25) is 4.79 Å². The predicted molar refractivity (Wildman–Crippen MR) is 74.8 cm³/mol. The summed E-state index contributed by atoms with van der Waals surface area (Å²) in [5.41, 5.74) is 7.41. The topological polar surface area (TPSA) is 75.3 Å². The summed E-state index contributed by atoms with van der Waals surface area (Å²) in [5, 5.41) is 12.2. The highest BCUT2D eigenvalue weighted by Gasteiger charge is 2.19. The highest BCUT2D eigenvalue weighted by atomic mass is 19.1. The molecule has 2 aromatic rings. The summed E-state index contributed by atoms with van der Waals surface area (Å²) in [4.78, 5) is 11.6. The van der Waals surface area contributed by atoms with Crippen molar-refractivity contribution in [3.05, 3.63) is 59.4 Å². The van der Waals surface area contributed by atoms with Crippen molar-refractivity contribution in [3.63, 3.8) is 0 Å². The largest absolute Gasteiger partial charge is 0.505 e. The number of halogens is 1. The van der Waals surface area contributed by atoms with Gasteiger partial charge in [0.15, 0.2) is 11.6 Å². The minimum atomic E-state index is -0.869. The number of rotatable bonds is 4. The van der Waals surface area contributed by atoms with E-state index < -0.39 is 23.5 Å². The van der Waals surface area contributed by atoms with Gasteiger partial charge in [0.2, 0.25) is 5.91 Å². The van der Waals surface area contributed by atoms with Crippen molar-refractivity contribution in [2.75, 3.05) is 5.32 Å². The quantitative estimate of drug-likeness (QED) is 0.801. The number of para-hydroxylation sites is 1. The third-order valence-electron chi connectivity index (χ3n) is 3.03. The second-order valence-corrected chi connectivity index (χ2v) is 4.51. The van der Waals surface area contributed by atoms with Crippen LogP contribution in [0.1, 0.15) is 17.2 Å². The van der Waals surface area contributed by atoms with Crippen LogP contribution in [0.15, 0.2) is 42.5 Å². The number of benzene rings is 2. The Labute approximate surface area is 116 Å². The smallest absolute Gasteiger partial charge is 0.244 e. The van der Waals surface area contributed by atoms with E-state index in [0.717, 1.165) is 17.3 Å². The fraction of sp³-hybridized carbons (Fsp3) is 0.133. The number of nitrogens with one attached hydrogen (secondary N) is 1. The summed E-state index contributed by atoms with van der Waals surface area (Å²) < 4.78 is 13.4. The minimum absolute atomic E-state index is 0.357. The van der Waals surface area contributed by atoms with Gasteiger partial charge in [0.25, 0.3) is 0 Å². The first-order valence-electron chi connectivity index (χ1n) is 6.09. The number of amides is 1. The summed E-state index contributed by atoms with van der Waals surface area (Å²) in [7, 11) is 0. The van der Waals surface area contributed by atoms with Crippen molar-refractivity contribution < 1.29 is 14.3 Å². The Hall–Kier alpha value is -2.56. The summed E-state index contributed by atoms with van der Waals surface area (Å²) in [6.07, 6.45) is 0. The average Bonchev–Trinajstić information content (AvgIpc) is 2.41. The summed E-state index contributed by atoms with van der Waals surface area (Å²) in [6.45, 7) is 1.89. The molecule has 20 heavy (non-hydrogen) atoms. The number of aromatic hydroxyl groups is 1. The summed E-state index contributed by atoms with van der Waals surface area (Å²) >= 11 is 0. The Kier molecular flexibility index (Phi) is 3.89. The molecule has 2 rings (SSSR count). The van der Waals surface area contributed by atoms with Crippen LogP contribution in [-0.4, -0.2) is 11.0 Å². The van der Waals surface area contributed by atoms with Gasteiger partial charge in [0.05, 0.1) is 0 Å². The number of primary amides is 1. The molecular weight excluding hydrogens is 259 g/mol. The van der Waals surface area contributed by atoms with Gasteiger partial charge in [-0.15, -0.1) is 0 Å². The van der Waals surface area contributed by atoms with E-state index in [1.165, 1.54) is 12.1 Å². The van der Waals surface area contributed by atoms with Crippen LogP contribution in [-0.2, 0) is 4.79 Å². The first kappa shape index (κ1) is 13.9. The van der Waals surface area contributed by atoms with Gasteiger partial charge in [0.1, 0.15) is 6.04 Å². The monoisotopic (exact) mass is 274 g/mol. The summed E-state index contributed by atoms with van der Waals surface area (Å²) in [6, 6.07) is 10.3. The lowest BCUT2D eigenvalue weighted by Gasteiger charge is -2.18. The van der Waals surface area contributed by atoms with Crippen LogP contribution in [0, 0.1) is 12.7 Å². The molecule has 0 aliphatic carbocycles. The number of phenols is 1. The maximum absolute atomic E-state index is 13.4. The molecular formula is C15H15FN2O2. The van der Waals surface area contributed by atoms with Gasteiger partial charge in [-0.2, -0.15) is 0 Å². The highest BCUT2D eigenvalue weighted by molar-refractivity contribution is 5.84.